The quantitative estimate of drug-likeness (QED) is 0.138. The number of aryl methyl sites for hydroxylation is 8. The number of hydrogen-bond acceptors (Lipinski definition) is 24. The summed E-state index contributed by atoms with van der Waals surface area (Å²) in [6.07, 6.45) is 19.2. The van der Waals surface area contributed by atoms with Crippen molar-refractivity contribution in [3.8, 4) is 0 Å². The van der Waals surface area contributed by atoms with Crippen LogP contribution in [0.3, 0.4) is 0 Å². The van der Waals surface area contributed by atoms with E-state index in [0.717, 1.165) is 150 Å². The zero-order valence-corrected chi connectivity index (χ0v) is 75.1. The van der Waals surface area contributed by atoms with Crippen LogP contribution in [0.25, 0.3) is 110 Å². The third-order valence-corrected chi connectivity index (χ3v) is 25.3. The SMILES string of the molecule is Cc1ccc2c(n1)oc1c(N3C=CN(C(C)C)[C@@H]3C)c(C)ccc12.Cc1ccc2c(n1)oc1c(N3C=CN(C)[C@@H]3C)c(C)ccc12.Cc1ccc2c(n1)oc1c(N3c4ccccc4N(C)[C@@H]3C)c(C)ccc12.[2H]C(C)(C)N1c2nccnc2N(c2c(C)ccc3c2oc2ncccc23)[C@H]1C.[2H]C(C)(C)N1c2nccnc2N(c2c(C)ccc3c2oc2ncccc23)[C@H]1C. The van der Waals surface area contributed by atoms with E-state index in [1.54, 1.807) is 37.2 Å². The van der Waals surface area contributed by atoms with E-state index in [1.165, 1.54) is 28.1 Å². The van der Waals surface area contributed by atoms with Gasteiger partial charge in [-0.2, -0.15) is 0 Å². The van der Waals surface area contributed by atoms with E-state index in [1.807, 2.05) is 101 Å². The largest absolute Gasteiger partial charge is 0.435 e. The van der Waals surface area contributed by atoms with Gasteiger partial charge in [-0.05, 0) is 232 Å². The van der Waals surface area contributed by atoms with Gasteiger partial charge in [-0.15, -0.1) is 0 Å². The Morgan fingerprint density at radius 2 is 0.635 bits per heavy atom. The van der Waals surface area contributed by atoms with Crippen LogP contribution in [-0.4, -0.2) is 118 Å². The zero-order chi connectivity index (χ0) is 89.7. The minimum Gasteiger partial charge on any atom is -0.435 e. The molecule has 126 heavy (non-hydrogen) atoms. The normalized spacial score (nSPS) is 17.6. The van der Waals surface area contributed by atoms with Crippen LogP contribution in [0.4, 0.5) is 63.1 Å². The van der Waals surface area contributed by atoms with E-state index in [2.05, 4.69) is 309 Å². The fourth-order valence-electron chi connectivity index (χ4n) is 18.9. The number of benzene rings is 6. The Balaban J connectivity index is 0.000000104. The predicted octanol–water partition coefficient (Wildman–Crippen LogP) is 24.2. The van der Waals surface area contributed by atoms with Crippen LogP contribution < -0.4 is 39.2 Å². The molecule has 0 spiro atoms. The molecule has 12 aromatic heterocycles. The third kappa shape index (κ3) is 13.4. The van der Waals surface area contributed by atoms with Gasteiger partial charge in [0.1, 0.15) is 30.8 Å². The molecule has 0 unspecified atom stereocenters. The second-order valence-electron chi connectivity index (χ2n) is 34.2. The van der Waals surface area contributed by atoms with Gasteiger partial charge >= 0.3 is 0 Å². The first-order valence-electron chi connectivity index (χ1n) is 44.1. The number of fused-ring (bicyclic) bond motifs is 18. The monoisotopic (exact) mass is 1680 g/mol. The maximum absolute atomic E-state index is 8.65. The zero-order valence-electron chi connectivity index (χ0n) is 77.1. The van der Waals surface area contributed by atoms with Crippen molar-refractivity contribution in [1.29, 1.82) is 0 Å². The maximum Gasteiger partial charge on any atom is 0.227 e. The van der Waals surface area contributed by atoms with Crippen molar-refractivity contribution in [3.05, 3.63) is 252 Å². The summed E-state index contributed by atoms with van der Waals surface area (Å²) in [5.41, 5.74) is 24.1. The summed E-state index contributed by atoms with van der Waals surface area (Å²) in [7, 11) is 4.22. The topological polar surface area (TPSA) is 214 Å². The van der Waals surface area contributed by atoms with E-state index in [0.29, 0.717) is 46.2 Å². The molecule has 5 aliphatic rings. The molecule has 0 fully saturated rings. The fraction of sp³-hybridized carbons (Fsp3) is 0.284. The molecule has 18 aromatic rings. The van der Waals surface area contributed by atoms with Gasteiger partial charge < -0.3 is 61.3 Å². The van der Waals surface area contributed by atoms with E-state index >= 15 is 0 Å². The van der Waals surface area contributed by atoms with Crippen molar-refractivity contribution >= 4 is 173 Å². The molecule has 0 saturated heterocycles. The molecule has 0 aliphatic carbocycles. The molecule has 24 heteroatoms. The molecule has 24 nitrogen and oxygen atoms in total. The predicted molar refractivity (Wildman–Crippen MR) is 511 cm³/mol. The van der Waals surface area contributed by atoms with Gasteiger partial charge in [-0.25, -0.2) is 44.9 Å². The first-order valence-corrected chi connectivity index (χ1v) is 43.1. The highest BCUT2D eigenvalue weighted by molar-refractivity contribution is 6.14. The molecule has 23 rings (SSSR count). The molecule has 5 atom stereocenters. The summed E-state index contributed by atoms with van der Waals surface area (Å²) < 4.78 is 48.3. The van der Waals surface area contributed by atoms with E-state index < -0.39 is 12.0 Å². The summed E-state index contributed by atoms with van der Waals surface area (Å²) in [6.45, 7) is 39.2. The van der Waals surface area contributed by atoms with Crippen LogP contribution >= 0.6 is 0 Å². The van der Waals surface area contributed by atoms with Crippen molar-refractivity contribution in [2.75, 3.05) is 53.3 Å². The summed E-state index contributed by atoms with van der Waals surface area (Å²) in [6, 6.07) is 48.8. The molecule has 6 aromatic carbocycles. The Morgan fingerprint density at radius 1 is 0.302 bits per heavy atom. The van der Waals surface area contributed by atoms with Crippen LogP contribution in [0.15, 0.2) is 230 Å². The van der Waals surface area contributed by atoms with Gasteiger partial charge in [0.2, 0.25) is 28.6 Å². The van der Waals surface area contributed by atoms with Crippen LogP contribution in [0.5, 0.6) is 0 Å². The van der Waals surface area contributed by atoms with Gasteiger partial charge in [-0.1, -0.05) is 72.8 Å². The van der Waals surface area contributed by atoms with Crippen LogP contribution in [0.1, 0.15) is 124 Å². The number of pyridine rings is 5. The summed E-state index contributed by atoms with van der Waals surface area (Å²) in [5, 5.41) is 10.6. The van der Waals surface area contributed by atoms with E-state index in [-0.39, 0.29) is 30.8 Å². The average molecular weight is 1680 g/mol. The third-order valence-electron chi connectivity index (χ3n) is 25.3. The number of hydrogen-bond donors (Lipinski definition) is 0. The highest BCUT2D eigenvalue weighted by atomic mass is 16.4. The first-order chi connectivity index (χ1) is 61.3. The average Bonchev–Trinajstić information content (AvgIpc) is 1.51. The Kier molecular flexibility index (Phi) is 19.9. The van der Waals surface area contributed by atoms with Gasteiger partial charge in [-0.3, -0.25) is 9.80 Å². The number of anilines is 11. The molecular weight excluding hydrogens is 1570 g/mol. The molecule has 0 saturated carbocycles. The van der Waals surface area contributed by atoms with Gasteiger partial charge in [0.15, 0.2) is 51.2 Å². The molecular formula is C102H105N19O5. The van der Waals surface area contributed by atoms with E-state index in [9.17, 15) is 0 Å². The van der Waals surface area contributed by atoms with Crippen molar-refractivity contribution in [2.24, 2.45) is 0 Å². The smallest absolute Gasteiger partial charge is 0.227 e. The molecule has 0 radical (unpaired) electrons. The first kappa shape index (κ1) is 78.9. The molecule has 5 aliphatic heterocycles. The highest BCUT2D eigenvalue weighted by Crippen LogP contribution is 2.52. The molecule has 638 valence electrons. The Morgan fingerprint density at radius 3 is 1.01 bits per heavy atom. The van der Waals surface area contributed by atoms with Crippen LogP contribution in [0.2, 0.25) is 0 Å². The maximum atomic E-state index is 8.65. The molecule has 0 amide bonds. The molecule has 0 bridgehead atoms. The highest BCUT2D eigenvalue weighted by Gasteiger charge is 2.43. The molecule has 0 N–H and O–H groups in total. The van der Waals surface area contributed by atoms with Crippen LogP contribution in [0, 0.1) is 55.4 Å². The second kappa shape index (κ2) is 31.8. The van der Waals surface area contributed by atoms with Gasteiger partial charge in [0.05, 0.1) is 42.6 Å². The fourth-order valence-corrected chi connectivity index (χ4v) is 18.9. The lowest BCUT2D eigenvalue weighted by Crippen LogP contribution is -2.42. The minimum absolute atomic E-state index is 0.143. The number of aromatic nitrogens is 9. The standard InChI is InChI=1S/C22H21N3O.2C21H21N5O.C20H23N3O.C18H19N3O/c1-13-9-11-16-17-12-10-14(2)23-22(17)26-21(16)20(13)25-15(3)24(4)18-7-5-6-8-19(18)25;2*1-12(2)25-14(4)26(20-19(25)22-10-11-23-20)17-13(3)7-8-15-16-6-5-9-24-21(16)27-18(15)17;1-12(2)22-10-11-23(15(22)5)18-13(3)6-8-16-17-9-7-14(4)21-20(17)24-19(16)18;1-11-5-7-14-15-8-6-12(2)19-18(15)22-17(14)16(11)21-10-9-20(4)13(21)3/h5-12,15H,1-4H3;2*5-12,14H,1-4H3;6-12,15H,1-5H3;5-10,13H,1-4H3/t15-;2*14-;15-;13-/m00000/s1/i;2*12D;;. The van der Waals surface area contributed by atoms with Crippen LogP contribution in [-0.2, 0) is 0 Å². The summed E-state index contributed by atoms with van der Waals surface area (Å²) >= 11 is 0. The van der Waals surface area contributed by atoms with Crippen molar-refractivity contribution < 1.29 is 24.8 Å². The van der Waals surface area contributed by atoms with Crippen molar-refractivity contribution in [3.63, 3.8) is 0 Å². The summed E-state index contributed by atoms with van der Waals surface area (Å²) in [5.74, 6) is 2.89. The Hall–Kier alpha value is -14.3. The van der Waals surface area contributed by atoms with Crippen molar-refractivity contribution in [1.82, 2.24) is 54.7 Å². The number of para-hydroxylation sites is 2. The lowest BCUT2D eigenvalue weighted by molar-refractivity contribution is 0.263. The Bertz CT molecular complexity index is 7290. The minimum atomic E-state index is -0.851. The van der Waals surface area contributed by atoms with Crippen molar-refractivity contribution in [2.45, 2.75) is 180 Å². The van der Waals surface area contributed by atoms with Gasteiger partial charge in [0.25, 0.3) is 0 Å². The lowest BCUT2D eigenvalue weighted by Gasteiger charge is -2.33. The Labute approximate surface area is 735 Å². The van der Waals surface area contributed by atoms with Gasteiger partial charge in [0, 0.05) is 165 Å². The number of rotatable bonds is 8. The second-order valence-corrected chi connectivity index (χ2v) is 34.2. The molecule has 17 heterocycles. The lowest BCUT2D eigenvalue weighted by atomic mass is 10.1. The number of furan rings is 5. The summed E-state index contributed by atoms with van der Waals surface area (Å²) in [4.78, 5) is 62.7. The number of nitrogens with zero attached hydrogens (tertiary/aromatic N) is 19. The van der Waals surface area contributed by atoms with E-state index in [4.69, 9.17) is 24.8 Å².